The van der Waals surface area contributed by atoms with Crippen molar-refractivity contribution in [2.45, 2.75) is 25.4 Å². The van der Waals surface area contributed by atoms with Crippen LogP contribution in [0.15, 0.2) is 24.4 Å². The molecule has 0 aromatic carbocycles. The molecule has 0 aliphatic carbocycles. The van der Waals surface area contributed by atoms with E-state index in [9.17, 15) is 14.4 Å². The monoisotopic (exact) mass is 450 g/mol. The van der Waals surface area contributed by atoms with Crippen molar-refractivity contribution in [1.29, 1.82) is 0 Å². The first-order chi connectivity index (χ1) is 15.6. The summed E-state index contributed by atoms with van der Waals surface area (Å²) in [5, 5.41) is 9.43. The lowest BCUT2D eigenvalue weighted by Crippen LogP contribution is -2.67. The van der Waals surface area contributed by atoms with Gasteiger partial charge in [0.1, 0.15) is 22.9 Å². The molecule has 172 valence electrons. The smallest absolute Gasteiger partial charge is 0.287 e. The van der Waals surface area contributed by atoms with Gasteiger partial charge in [0.2, 0.25) is 0 Å². The van der Waals surface area contributed by atoms with Crippen LogP contribution in [0.25, 0.3) is 11.0 Å². The summed E-state index contributed by atoms with van der Waals surface area (Å²) >= 11 is 0. The number of carbonyl (C=O) groups is 3. The van der Waals surface area contributed by atoms with Crippen LogP contribution in [-0.2, 0) is 7.05 Å². The number of hydrogen-bond donors (Lipinski definition) is 3. The number of likely N-dealkylation sites (N-methyl/N-ethyl adjacent to an activating group) is 1. The fourth-order valence-electron chi connectivity index (χ4n) is 4.74. The Morgan fingerprint density at radius 3 is 2.70 bits per heavy atom. The molecule has 1 fully saturated rings. The Morgan fingerprint density at radius 1 is 1.21 bits per heavy atom. The van der Waals surface area contributed by atoms with Crippen LogP contribution in [0.4, 0.5) is 5.82 Å². The number of amides is 3. The van der Waals surface area contributed by atoms with E-state index in [-0.39, 0.29) is 34.9 Å². The minimum atomic E-state index is -0.428. The normalized spacial score (nSPS) is 19.5. The summed E-state index contributed by atoms with van der Waals surface area (Å²) in [7, 11) is 3.67. The predicted molar refractivity (Wildman–Crippen MR) is 121 cm³/mol. The molecule has 33 heavy (non-hydrogen) atoms. The first-order valence-electron chi connectivity index (χ1n) is 10.8. The molecule has 1 atom stereocenters. The van der Waals surface area contributed by atoms with Gasteiger partial charge in [-0.2, -0.15) is 0 Å². The molecular formula is C22H26N8O3. The molecule has 3 aromatic heterocycles. The molecule has 2 aliphatic rings. The first kappa shape index (κ1) is 21.1. The highest BCUT2D eigenvalue weighted by molar-refractivity contribution is 6.05. The Morgan fingerprint density at radius 2 is 1.97 bits per heavy atom. The standard InChI is InChI=1S/C22H26N8O3/c1-12-8-24-20(32)15-7-13-5-6-14(25-17(13)30(12)15)19(31)26-16-9-23-18(29(16)4)21(33)27-22(2)10-28(3)11-22/h5-7,9,12H,8,10-11H2,1-4H3,(H,24,32)(H,26,31)(H,27,33)/t12-/m1/s1. The van der Waals surface area contributed by atoms with Gasteiger partial charge in [0.25, 0.3) is 17.7 Å². The van der Waals surface area contributed by atoms with E-state index in [1.54, 1.807) is 29.8 Å². The van der Waals surface area contributed by atoms with Gasteiger partial charge < -0.3 is 30.0 Å². The number of imidazole rings is 1. The molecule has 3 N–H and O–H groups in total. The summed E-state index contributed by atoms with van der Waals surface area (Å²) in [5.74, 6) is -0.277. The van der Waals surface area contributed by atoms with Gasteiger partial charge in [-0.3, -0.25) is 14.4 Å². The van der Waals surface area contributed by atoms with Gasteiger partial charge in [-0.25, -0.2) is 9.97 Å². The van der Waals surface area contributed by atoms with Crippen molar-refractivity contribution in [1.82, 2.24) is 34.6 Å². The number of likely N-dealkylation sites (tertiary alicyclic amines) is 1. The van der Waals surface area contributed by atoms with Crippen LogP contribution in [0.5, 0.6) is 0 Å². The van der Waals surface area contributed by atoms with Crippen molar-refractivity contribution in [2.75, 3.05) is 32.0 Å². The van der Waals surface area contributed by atoms with Crippen molar-refractivity contribution in [3.63, 3.8) is 0 Å². The van der Waals surface area contributed by atoms with Crippen molar-refractivity contribution in [3.05, 3.63) is 41.6 Å². The van der Waals surface area contributed by atoms with Gasteiger partial charge in [-0.15, -0.1) is 0 Å². The van der Waals surface area contributed by atoms with Crippen LogP contribution in [-0.4, -0.2) is 73.9 Å². The predicted octanol–water partition coefficient (Wildman–Crippen LogP) is 0.760. The SMILES string of the molecule is C[C@@H]1CNC(=O)c2cc3ccc(C(=O)Nc4cnc(C(=O)NC5(C)CN(C)C5)n4C)nc3n21. The largest absolute Gasteiger partial charge is 0.349 e. The molecule has 2 aliphatic heterocycles. The lowest BCUT2D eigenvalue weighted by atomic mass is 9.93. The molecule has 0 unspecified atom stereocenters. The fourth-order valence-corrected chi connectivity index (χ4v) is 4.74. The topological polar surface area (TPSA) is 126 Å². The lowest BCUT2D eigenvalue weighted by Gasteiger charge is -2.46. The summed E-state index contributed by atoms with van der Waals surface area (Å²) in [6, 6.07) is 5.20. The number of hydrogen-bond acceptors (Lipinski definition) is 6. The van der Waals surface area contributed by atoms with E-state index >= 15 is 0 Å². The van der Waals surface area contributed by atoms with Gasteiger partial charge in [0.15, 0.2) is 5.82 Å². The van der Waals surface area contributed by atoms with E-state index in [4.69, 9.17) is 0 Å². The number of anilines is 1. The maximum absolute atomic E-state index is 12.9. The minimum Gasteiger partial charge on any atom is -0.349 e. The van der Waals surface area contributed by atoms with Gasteiger partial charge in [0.05, 0.1) is 17.8 Å². The highest BCUT2D eigenvalue weighted by atomic mass is 16.2. The fraction of sp³-hybridized carbons (Fsp3) is 0.409. The highest BCUT2D eigenvalue weighted by Gasteiger charge is 2.38. The summed E-state index contributed by atoms with van der Waals surface area (Å²) in [4.78, 5) is 48.7. The van der Waals surface area contributed by atoms with Crippen LogP contribution in [0.2, 0.25) is 0 Å². The van der Waals surface area contributed by atoms with E-state index < -0.39 is 5.91 Å². The Labute approximate surface area is 190 Å². The van der Waals surface area contributed by atoms with Crippen LogP contribution in [0.3, 0.4) is 0 Å². The average Bonchev–Trinajstić information content (AvgIpc) is 3.31. The number of nitrogens with zero attached hydrogens (tertiary/aromatic N) is 5. The summed E-state index contributed by atoms with van der Waals surface area (Å²) in [6.45, 7) is 6.02. The Kier molecular flexibility index (Phi) is 4.74. The summed E-state index contributed by atoms with van der Waals surface area (Å²) < 4.78 is 3.40. The minimum absolute atomic E-state index is 0.0245. The molecular weight excluding hydrogens is 424 g/mol. The van der Waals surface area contributed by atoms with Gasteiger partial charge in [-0.1, -0.05) is 0 Å². The molecule has 1 saturated heterocycles. The number of rotatable bonds is 4. The molecule has 0 radical (unpaired) electrons. The van der Waals surface area contributed by atoms with Crippen LogP contribution < -0.4 is 16.0 Å². The third-order valence-corrected chi connectivity index (χ3v) is 6.24. The maximum Gasteiger partial charge on any atom is 0.287 e. The number of nitrogens with one attached hydrogen (secondary N) is 3. The lowest BCUT2D eigenvalue weighted by molar-refractivity contribution is 0.0604. The molecule has 0 spiro atoms. The second kappa shape index (κ2) is 7.41. The molecule has 0 saturated carbocycles. The van der Waals surface area contributed by atoms with Crippen LogP contribution in [0.1, 0.15) is 51.5 Å². The molecule has 11 nitrogen and oxygen atoms in total. The summed E-state index contributed by atoms with van der Waals surface area (Å²) in [6.07, 6.45) is 1.45. The average molecular weight is 451 g/mol. The molecule has 11 heteroatoms. The molecule has 5 rings (SSSR count). The third kappa shape index (κ3) is 3.54. The van der Waals surface area contributed by atoms with Gasteiger partial charge in [-0.05, 0) is 39.1 Å². The van der Waals surface area contributed by atoms with Crippen LogP contribution in [0, 0.1) is 0 Å². The number of fused-ring (bicyclic) bond motifs is 3. The zero-order chi connectivity index (χ0) is 23.5. The second-order valence-corrected chi connectivity index (χ2v) is 9.24. The van der Waals surface area contributed by atoms with Crippen molar-refractivity contribution < 1.29 is 14.4 Å². The number of aromatic nitrogens is 4. The van der Waals surface area contributed by atoms with Crippen molar-refractivity contribution in [3.8, 4) is 0 Å². The zero-order valence-electron chi connectivity index (χ0n) is 19.0. The van der Waals surface area contributed by atoms with Gasteiger partial charge >= 0.3 is 0 Å². The zero-order valence-corrected chi connectivity index (χ0v) is 19.0. The van der Waals surface area contributed by atoms with Crippen LogP contribution >= 0.6 is 0 Å². The molecule has 0 bridgehead atoms. The van der Waals surface area contributed by atoms with E-state index in [1.165, 1.54) is 6.20 Å². The van der Waals surface area contributed by atoms with E-state index in [1.807, 2.05) is 25.5 Å². The quantitative estimate of drug-likeness (QED) is 0.539. The molecule has 3 amide bonds. The van der Waals surface area contributed by atoms with Gasteiger partial charge in [0, 0.05) is 32.1 Å². The van der Waals surface area contributed by atoms with E-state index in [2.05, 4.69) is 30.8 Å². The first-order valence-corrected chi connectivity index (χ1v) is 10.8. The van der Waals surface area contributed by atoms with Crippen molar-refractivity contribution in [2.24, 2.45) is 7.05 Å². The highest BCUT2D eigenvalue weighted by Crippen LogP contribution is 2.26. The Balaban J connectivity index is 1.36. The molecule has 3 aromatic rings. The third-order valence-electron chi connectivity index (χ3n) is 6.24. The number of carbonyl (C=O) groups excluding carboxylic acids is 3. The second-order valence-electron chi connectivity index (χ2n) is 9.24. The van der Waals surface area contributed by atoms with E-state index in [0.717, 1.165) is 18.5 Å². The Hall–Kier alpha value is -3.73. The summed E-state index contributed by atoms with van der Waals surface area (Å²) in [5.41, 5.74) is 1.04. The van der Waals surface area contributed by atoms with E-state index in [0.29, 0.717) is 23.7 Å². The maximum atomic E-state index is 12.9. The number of pyridine rings is 1. The molecule has 5 heterocycles. The Bertz CT molecular complexity index is 1300. The van der Waals surface area contributed by atoms with Crippen molar-refractivity contribution >= 4 is 34.6 Å².